The van der Waals surface area contributed by atoms with Crippen LogP contribution in [0.3, 0.4) is 0 Å². The van der Waals surface area contributed by atoms with Gasteiger partial charge in [0, 0.05) is 37.1 Å². The van der Waals surface area contributed by atoms with Gasteiger partial charge in [0.1, 0.15) is 5.82 Å². The molecule has 0 amide bonds. The second-order valence-corrected chi connectivity index (χ2v) is 6.22. The van der Waals surface area contributed by atoms with Crippen molar-refractivity contribution >= 4 is 0 Å². The number of halogens is 1. The van der Waals surface area contributed by atoms with Crippen LogP contribution < -0.4 is 0 Å². The van der Waals surface area contributed by atoms with E-state index in [1.807, 2.05) is 41.1 Å². The Bertz CT molecular complexity index is 680. The molecule has 2 aromatic rings. The summed E-state index contributed by atoms with van der Waals surface area (Å²) in [6.45, 7) is 9.94. The molecule has 1 atom stereocenters. The summed E-state index contributed by atoms with van der Waals surface area (Å²) in [5, 5.41) is 10.2. The van der Waals surface area contributed by atoms with Crippen LogP contribution in [0.5, 0.6) is 0 Å². The molecule has 1 N–H and O–H groups in total. The Hall–Kier alpha value is -2.17. The van der Waals surface area contributed by atoms with E-state index in [-0.39, 0.29) is 5.82 Å². The van der Waals surface area contributed by atoms with Gasteiger partial charge in [0.05, 0.1) is 12.6 Å². The Labute approximate surface area is 149 Å². The fourth-order valence-corrected chi connectivity index (χ4v) is 2.87. The molecule has 134 valence electrons. The van der Waals surface area contributed by atoms with Gasteiger partial charge >= 0.3 is 0 Å². The maximum Gasteiger partial charge on any atom is 0.128 e. The summed E-state index contributed by atoms with van der Waals surface area (Å²) >= 11 is 0. The van der Waals surface area contributed by atoms with Crippen molar-refractivity contribution in [2.45, 2.75) is 32.0 Å². The Morgan fingerprint density at radius 2 is 1.96 bits per heavy atom. The Morgan fingerprint density at radius 3 is 2.68 bits per heavy atom. The number of aliphatic hydroxyl groups excluding tert-OH is 1. The van der Waals surface area contributed by atoms with Crippen molar-refractivity contribution in [2.24, 2.45) is 0 Å². The number of benzene rings is 1. The summed E-state index contributed by atoms with van der Waals surface area (Å²) in [6.07, 6.45) is 6.72. The molecule has 0 aliphatic carbocycles. The lowest BCUT2D eigenvalue weighted by molar-refractivity contribution is 0.107. The highest BCUT2D eigenvalue weighted by Gasteiger charge is 2.13. The molecule has 0 radical (unpaired) electrons. The molecule has 3 nitrogen and oxygen atoms in total. The van der Waals surface area contributed by atoms with E-state index in [9.17, 15) is 9.50 Å². The maximum absolute atomic E-state index is 13.9. The number of nitrogens with zero attached hydrogens (tertiary/aromatic N) is 2. The van der Waals surface area contributed by atoms with Crippen molar-refractivity contribution < 1.29 is 9.50 Å². The van der Waals surface area contributed by atoms with Gasteiger partial charge in [-0.1, -0.05) is 30.4 Å². The van der Waals surface area contributed by atoms with E-state index in [1.165, 1.54) is 6.07 Å². The fraction of sp³-hybridized carbons (Fsp3) is 0.333. The van der Waals surface area contributed by atoms with Crippen LogP contribution in [0.15, 0.2) is 67.9 Å². The minimum Gasteiger partial charge on any atom is -0.392 e. The second kappa shape index (κ2) is 9.97. The molecule has 1 aromatic heterocycles. The standard InChI is InChI=1S/C21H27FN2O/c1-3-5-11-20(25)17-23(13-4-2)16-19-10-8-14-24(19)15-18-9-6-7-12-21(18)22/h3-4,6-10,12,14,20,25H,1-2,5,11,13,15-17H2. The molecule has 0 saturated heterocycles. The number of aliphatic hydroxyl groups is 1. The summed E-state index contributed by atoms with van der Waals surface area (Å²) in [4.78, 5) is 2.15. The van der Waals surface area contributed by atoms with Crippen LogP contribution in [0.2, 0.25) is 0 Å². The monoisotopic (exact) mass is 342 g/mol. The van der Waals surface area contributed by atoms with E-state index in [0.29, 0.717) is 38.2 Å². The zero-order valence-electron chi connectivity index (χ0n) is 14.6. The minimum atomic E-state index is -0.395. The fourth-order valence-electron chi connectivity index (χ4n) is 2.87. The van der Waals surface area contributed by atoms with E-state index in [0.717, 1.165) is 12.1 Å². The van der Waals surface area contributed by atoms with Gasteiger partial charge in [-0.15, -0.1) is 13.2 Å². The van der Waals surface area contributed by atoms with Gasteiger partial charge in [0.25, 0.3) is 0 Å². The van der Waals surface area contributed by atoms with Crippen LogP contribution in [0.4, 0.5) is 4.39 Å². The number of allylic oxidation sites excluding steroid dienone is 1. The molecule has 0 fully saturated rings. The zero-order valence-corrected chi connectivity index (χ0v) is 14.6. The van der Waals surface area contributed by atoms with Gasteiger partial charge in [0.2, 0.25) is 0 Å². The molecule has 4 heteroatoms. The molecular formula is C21H27FN2O. The first kappa shape index (κ1) is 19.2. The van der Waals surface area contributed by atoms with Crippen LogP contribution >= 0.6 is 0 Å². The van der Waals surface area contributed by atoms with Gasteiger partial charge in [-0.05, 0) is 31.0 Å². The third-order valence-corrected chi connectivity index (χ3v) is 4.17. The average Bonchev–Trinajstić information content (AvgIpc) is 3.02. The number of rotatable bonds is 11. The summed E-state index contributed by atoms with van der Waals surface area (Å²) in [5.74, 6) is -0.190. The Morgan fingerprint density at radius 1 is 1.16 bits per heavy atom. The lowest BCUT2D eigenvalue weighted by Gasteiger charge is -2.24. The molecular weight excluding hydrogens is 315 g/mol. The maximum atomic E-state index is 13.9. The average molecular weight is 342 g/mol. The number of aromatic nitrogens is 1. The van der Waals surface area contributed by atoms with Crippen LogP contribution in [0.1, 0.15) is 24.1 Å². The number of hydrogen-bond donors (Lipinski definition) is 1. The summed E-state index contributed by atoms with van der Waals surface area (Å²) in [6, 6.07) is 10.8. The van der Waals surface area contributed by atoms with Crippen molar-refractivity contribution in [3.8, 4) is 0 Å². The minimum absolute atomic E-state index is 0.190. The van der Waals surface area contributed by atoms with Crippen molar-refractivity contribution in [1.29, 1.82) is 0 Å². The van der Waals surface area contributed by atoms with E-state index in [2.05, 4.69) is 18.1 Å². The Kier molecular flexibility index (Phi) is 7.64. The van der Waals surface area contributed by atoms with Gasteiger partial charge < -0.3 is 9.67 Å². The summed E-state index contributed by atoms with van der Waals surface area (Å²) < 4.78 is 16.0. The topological polar surface area (TPSA) is 28.4 Å². The van der Waals surface area contributed by atoms with Crippen molar-refractivity contribution in [1.82, 2.24) is 9.47 Å². The van der Waals surface area contributed by atoms with Crippen molar-refractivity contribution in [3.05, 3.63) is 85.0 Å². The molecule has 0 aliphatic heterocycles. The zero-order chi connectivity index (χ0) is 18.1. The molecule has 0 spiro atoms. The summed E-state index contributed by atoms with van der Waals surface area (Å²) in [7, 11) is 0. The molecule has 0 saturated carbocycles. The van der Waals surface area contributed by atoms with Crippen molar-refractivity contribution in [3.63, 3.8) is 0 Å². The molecule has 2 rings (SSSR count). The lowest BCUT2D eigenvalue weighted by Crippen LogP contribution is -2.33. The normalized spacial score (nSPS) is 12.3. The third-order valence-electron chi connectivity index (χ3n) is 4.17. The lowest BCUT2D eigenvalue weighted by atomic mass is 10.2. The first-order valence-electron chi connectivity index (χ1n) is 8.63. The first-order valence-corrected chi connectivity index (χ1v) is 8.63. The van der Waals surface area contributed by atoms with E-state index in [1.54, 1.807) is 12.1 Å². The van der Waals surface area contributed by atoms with Crippen LogP contribution in [0.25, 0.3) is 0 Å². The van der Waals surface area contributed by atoms with E-state index in [4.69, 9.17) is 0 Å². The quantitative estimate of drug-likeness (QED) is 0.626. The van der Waals surface area contributed by atoms with Crippen LogP contribution in [-0.2, 0) is 13.1 Å². The SMILES string of the molecule is C=CCCC(O)CN(CC=C)Cc1cccn1Cc1ccccc1F. The number of hydrogen-bond acceptors (Lipinski definition) is 2. The van der Waals surface area contributed by atoms with Crippen LogP contribution in [0, 0.1) is 5.82 Å². The molecule has 1 heterocycles. The van der Waals surface area contributed by atoms with Gasteiger partial charge in [-0.3, -0.25) is 4.90 Å². The largest absolute Gasteiger partial charge is 0.392 e. The molecule has 0 aliphatic rings. The Balaban J connectivity index is 2.04. The molecule has 25 heavy (non-hydrogen) atoms. The highest BCUT2D eigenvalue weighted by molar-refractivity contribution is 5.19. The highest BCUT2D eigenvalue weighted by atomic mass is 19.1. The second-order valence-electron chi connectivity index (χ2n) is 6.22. The highest BCUT2D eigenvalue weighted by Crippen LogP contribution is 2.14. The predicted molar refractivity (Wildman–Crippen MR) is 101 cm³/mol. The van der Waals surface area contributed by atoms with Gasteiger partial charge in [-0.25, -0.2) is 4.39 Å². The predicted octanol–water partition coefficient (Wildman–Crippen LogP) is 3.99. The van der Waals surface area contributed by atoms with E-state index >= 15 is 0 Å². The third kappa shape index (κ3) is 6.00. The smallest absolute Gasteiger partial charge is 0.128 e. The molecule has 1 aromatic carbocycles. The van der Waals surface area contributed by atoms with Gasteiger partial charge in [0.15, 0.2) is 0 Å². The molecule has 1 unspecified atom stereocenters. The first-order chi connectivity index (χ1) is 12.1. The summed E-state index contributed by atoms with van der Waals surface area (Å²) in [5.41, 5.74) is 1.75. The van der Waals surface area contributed by atoms with E-state index < -0.39 is 6.10 Å². The molecule has 0 bridgehead atoms. The van der Waals surface area contributed by atoms with Crippen molar-refractivity contribution in [2.75, 3.05) is 13.1 Å². The van der Waals surface area contributed by atoms with Gasteiger partial charge in [-0.2, -0.15) is 0 Å². The van der Waals surface area contributed by atoms with Crippen LogP contribution in [-0.4, -0.2) is 33.8 Å².